The van der Waals surface area contributed by atoms with Gasteiger partial charge < -0.3 is 10.2 Å². The average molecular weight is 240 g/mol. The second-order valence-electron chi connectivity index (χ2n) is 4.63. The van der Waals surface area contributed by atoms with Crippen LogP contribution < -0.4 is 0 Å². The van der Waals surface area contributed by atoms with Gasteiger partial charge in [-0.3, -0.25) is 0 Å². The van der Waals surface area contributed by atoms with Gasteiger partial charge in [0.05, 0.1) is 5.56 Å². The minimum atomic E-state index is -0.971. The number of benzene rings is 1. The Morgan fingerprint density at radius 2 is 1.88 bits per heavy atom. The maximum absolute atomic E-state index is 11.0. The van der Waals surface area contributed by atoms with E-state index in [1.54, 1.807) is 0 Å². The summed E-state index contributed by atoms with van der Waals surface area (Å²) in [4.78, 5) is 11.6. The lowest BCUT2D eigenvalue weighted by atomic mass is 9.85. The van der Waals surface area contributed by atoms with Crippen LogP contribution in [-0.4, -0.2) is 22.4 Å². The van der Waals surface area contributed by atoms with Crippen LogP contribution in [0.15, 0.2) is 17.0 Å². The van der Waals surface area contributed by atoms with Gasteiger partial charge in [0, 0.05) is 10.5 Å². The van der Waals surface area contributed by atoms with Crippen LogP contribution in [0, 0.1) is 0 Å². The van der Waals surface area contributed by atoms with E-state index in [4.69, 9.17) is 5.11 Å². The molecule has 0 saturated heterocycles. The van der Waals surface area contributed by atoms with E-state index in [0.29, 0.717) is 10.5 Å². The third kappa shape index (κ3) is 2.50. The lowest BCUT2D eigenvalue weighted by Gasteiger charge is -2.22. The van der Waals surface area contributed by atoms with Gasteiger partial charge in [-0.1, -0.05) is 20.8 Å². The van der Waals surface area contributed by atoms with E-state index in [2.05, 4.69) is 0 Å². The molecule has 0 heterocycles. The lowest BCUT2D eigenvalue weighted by molar-refractivity contribution is 0.0696. The smallest absolute Gasteiger partial charge is 0.335 e. The highest BCUT2D eigenvalue weighted by Crippen LogP contribution is 2.38. The molecular formula is C12H16O3S. The first-order valence-corrected chi connectivity index (χ1v) is 6.14. The standard InChI is InChI=1S/C12H16O3S/c1-12(2,3)8-5-7(11(14)15)6-9(16-4)10(8)13/h5-6,13H,1-4H3,(H,14,15). The molecule has 16 heavy (non-hydrogen) atoms. The van der Waals surface area contributed by atoms with Crippen LogP contribution in [0.2, 0.25) is 0 Å². The maximum atomic E-state index is 11.0. The first-order valence-electron chi connectivity index (χ1n) is 4.92. The van der Waals surface area contributed by atoms with Gasteiger partial charge in [-0.2, -0.15) is 0 Å². The van der Waals surface area contributed by atoms with Crippen molar-refractivity contribution < 1.29 is 15.0 Å². The first-order chi connectivity index (χ1) is 7.27. The van der Waals surface area contributed by atoms with Crippen molar-refractivity contribution in [3.05, 3.63) is 23.3 Å². The molecule has 0 unspecified atom stereocenters. The molecular weight excluding hydrogens is 224 g/mol. The number of carboxylic acids is 1. The van der Waals surface area contributed by atoms with Gasteiger partial charge in [-0.05, 0) is 23.8 Å². The summed E-state index contributed by atoms with van der Waals surface area (Å²) < 4.78 is 0. The summed E-state index contributed by atoms with van der Waals surface area (Å²) in [5, 5.41) is 19.0. The molecule has 1 aromatic carbocycles. The Kier molecular flexibility index (Phi) is 3.53. The van der Waals surface area contributed by atoms with E-state index < -0.39 is 5.97 Å². The van der Waals surface area contributed by atoms with Crippen molar-refractivity contribution in [1.82, 2.24) is 0 Å². The van der Waals surface area contributed by atoms with Gasteiger partial charge in [0.15, 0.2) is 0 Å². The minimum Gasteiger partial charge on any atom is -0.506 e. The quantitative estimate of drug-likeness (QED) is 0.780. The van der Waals surface area contributed by atoms with Gasteiger partial charge in [-0.25, -0.2) is 4.79 Å². The fourth-order valence-corrected chi connectivity index (χ4v) is 2.01. The summed E-state index contributed by atoms with van der Waals surface area (Å²) in [5.41, 5.74) is 0.601. The molecule has 1 aromatic rings. The number of hydrogen-bond donors (Lipinski definition) is 2. The van der Waals surface area contributed by atoms with Gasteiger partial charge in [0.25, 0.3) is 0 Å². The third-order valence-corrected chi connectivity index (χ3v) is 3.10. The molecule has 1 rings (SSSR count). The number of carbonyl (C=O) groups is 1. The summed E-state index contributed by atoms with van der Waals surface area (Å²) in [5.74, 6) is -0.786. The molecule has 0 bridgehead atoms. The molecule has 4 heteroatoms. The molecule has 0 radical (unpaired) electrons. The number of carboxylic acid groups (broad SMARTS) is 1. The number of aromatic carboxylic acids is 1. The Balaban J connectivity index is 3.48. The molecule has 0 aromatic heterocycles. The Morgan fingerprint density at radius 1 is 1.31 bits per heavy atom. The Bertz CT molecular complexity index is 419. The van der Waals surface area contributed by atoms with E-state index in [9.17, 15) is 9.90 Å². The molecule has 2 N–H and O–H groups in total. The Morgan fingerprint density at radius 3 is 2.25 bits per heavy atom. The molecule has 88 valence electrons. The summed E-state index contributed by atoms with van der Waals surface area (Å²) in [6.07, 6.45) is 1.81. The second-order valence-corrected chi connectivity index (χ2v) is 5.48. The topological polar surface area (TPSA) is 57.5 Å². The Hall–Kier alpha value is -1.16. The van der Waals surface area contributed by atoms with Crippen molar-refractivity contribution in [3.8, 4) is 5.75 Å². The maximum Gasteiger partial charge on any atom is 0.335 e. The molecule has 0 fully saturated rings. The van der Waals surface area contributed by atoms with Crippen molar-refractivity contribution in [2.45, 2.75) is 31.1 Å². The molecule has 0 saturated carbocycles. The summed E-state index contributed by atoms with van der Waals surface area (Å²) in [6, 6.07) is 3.04. The van der Waals surface area contributed by atoms with E-state index in [-0.39, 0.29) is 16.7 Å². The van der Waals surface area contributed by atoms with Crippen LogP contribution in [0.4, 0.5) is 0 Å². The van der Waals surface area contributed by atoms with Crippen LogP contribution in [0.3, 0.4) is 0 Å². The van der Waals surface area contributed by atoms with Crippen LogP contribution in [-0.2, 0) is 5.41 Å². The second kappa shape index (κ2) is 4.37. The normalized spacial score (nSPS) is 11.5. The van der Waals surface area contributed by atoms with Crippen molar-refractivity contribution >= 4 is 17.7 Å². The Labute approximate surface area is 99.5 Å². The highest BCUT2D eigenvalue weighted by molar-refractivity contribution is 7.98. The van der Waals surface area contributed by atoms with E-state index >= 15 is 0 Å². The van der Waals surface area contributed by atoms with Crippen LogP contribution in [0.1, 0.15) is 36.7 Å². The number of aromatic hydroxyl groups is 1. The number of hydrogen-bond acceptors (Lipinski definition) is 3. The molecule has 0 aliphatic heterocycles. The van der Waals surface area contributed by atoms with Crippen LogP contribution >= 0.6 is 11.8 Å². The van der Waals surface area contributed by atoms with Crippen LogP contribution in [0.25, 0.3) is 0 Å². The summed E-state index contributed by atoms with van der Waals surface area (Å²) in [7, 11) is 0. The lowest BCUT2D eigenvalue weighted by Crippen LogP contribution is -2.13. The van der Waals surface area contributed by atoms with Crippen molar-refractivity contribution in [2.75, 3.05) is 6.26 Å². The highest BCUT2D eigenvalue weighted by Gasteiger charge is 2.22. The molecule has 3 nitrogen and oxygen atoms in total. The van der Waals surface area contributed by atoms with Gasteiger partial charge in [0.2, 0.25) is 0 Å². The molecule has 0 spiro atoms. The zero-order valence-corrected chi connectivity index (χ0v) is 10.7. The van der Waals surface area contributed by atoms with E-state index in [0.717, 1.165) is 0 Å². The number of thioether (sulfide) groups is 1. The average Bonchev–Trinajstić information content (AvgIpc) is 2.15. The fraction of sp³-hybridized carbons (Fsp3) is 0.417. The summed E-state index contributed by atoms with van der Waals surface area (Å²) >= 11 is 1.34. The van der Waals surface area contributed by atoms with Gasteiger partial charge >= 0.3 is 5.97 Å². The van der Waals surface area contributed by atoms with E-state index in [1.165, 1.54) is 23.9 Å². The van der Waals surface area contributed by atoms with E-state index in [1.807, 2.05) is 27.0 Å². The zero-order chi connectivity index (χ0) is 12.5. The monoisotopic (exact) mass is 240 g/mol. The van der Waals surface area contributed by atoms with Crippen molar-refractivity contribution in [2.24, 2.45) is 0 Å². The largest absolute Gasteiger partial charge is 0.506 e. The number of rotatable bonds is 2. The zero-order valence-electron chi connectivity index (χ0n) is 9.87. The van der Waals surface area contributed by atoms with Gasteiger partial charge in [-0.15, -0.1) is 11.8 Å². The highest BCUT2D eigenvalue weighted by atomic mass is 32.2. The van der Waals surface area contributed by atoms with Crippen molar-refractivity contribution in [3.63, 3.8) is 0 Å². The predicted molar refractivity (Wildman–Crippen MR) is 65.5 cm³/mol. The number of phenolic OH excluding ortho intramolecular Hbond substituents is 1. The third-order valence-electron chi connectivity index (χ3n) is 2.35. The fourth-order valence-electron chi connectivity index (χ4n) is 1.46. The SMILES string of the molecule is CSc1cc(C(=O)O)cc(C(C)(C)C)c1O. The minimum absolute atomic E-state index is 0.185. The number of phenols is 1. The predicted octanol–water partition coefficient (Wildman–Crippen LogP) is 3.11. The first kappa shape index (κ1) is 12.9. The van der Waals surface area contributed by atoms with Crippen LogP contribution in [0.5, 0.6) is 5.75 Å². The molecule has 0 amide bonds. The van der Waals surface area contributed by atoms with Gasteiger partial charge in [0.1, 0.15) is 5.75 Å². The molecule has 0 atom stereocenters. The molecule has 0 aliphatic carbocycles. The van der Waals surface area contributed by atoms with Crippen molar-refractivity contribution in [1.29, 1.82) is 0 Å². The molecule has 0 aliphatic rings. The summed E-state index contributed by atoms with van der Waals surface area (Å²) in [6.45, 7) is 5.83.